The molecule has 0 radical (unpaired) electrons. The molecule has 19 heavy (non-hydrogen) atoms. The molecule has 1 aromatic carbocycles. The molecule has 1 unspecified atom stereocenters. The van der Waals surface area contributed by atoms with Gasteiger partial charge in [0.25, 0.3) is 0 Å². The molecule has 1 atom stereocenters. The number of carbonyl (C=O) groups is 1. The van der Waals surface area contributed by atoms with Crippen molar-refractivity contribution in [3.63, 3.8) is 0 Å². The van der Waals surface area contributed by atoms with E-state index >= 15 is 0 Å². The van der Waals surface area contributed by atoms with Gasteiger partial charge in [-0.2, -0.15) is 0 Å². The van der Waals surface area contributed by atoms with Gasteiger partial charge in [0, 0.05) is 6.61 Å². The first-order valence-corrected chi connectivity index (χ1v) is 6.70. The third kappa shape index (κ3) is 6.36. The highest BCUT2D eigenvalue weighted by atomic mass is 16.5. The molecule has 0 aliphatic rings. The summed E-state index contributed by atoms with van der Waals surface area (Å²) in [7, 11) is 1.39. The van der Waals surface area contributed by atoms with Gasteiger partial charge in [0.1, 0.15) is 6.04 Å². The second kappa shape index (κ2) is 9.53. The van der Waals surface area contributed by atoms with E-state index in [-0.39, 0.29) is 12.0 Å². The number of hydrogen-bond acceptors (Lipinski definition) is 4. The molecule has 0 aromatic heterocycles. The van der Waals surface area contributed by atoms with E-state index in [1.165, 1.54) is 12.7 Å². The van der Waals surface area contributed by atoms with Crippen LogP contribution in [0.5, 0.6) is 0 Å². The van der Waals surface area contributed by atoms with Gasteiger partial charge in [-0.25, -0.2) is 0 Å². The van der Waals surface area contributed by atoms with Crippen LogP contribution in [0.4, 0.5) is 0 Å². The number of aryl methyl sites for hydroxylation is 1. The molecular weight excluding hydrogens is 242 g/mol. The fraction of sp³-hybridized carbons (Fsp3) is 0.533. The van der Waals surface area contributed by atoms with E-state index in [0.29, 0.717) is 19.8 Å². The Morgan fingerprint density at radius 1 is 1.32 bits per heavy atom. The highest BCUT2D eigenvalue weighted by Crippen LogP contribution is 2.02. The summed E-state index contributed by atoms with van der Waals surface area (Å²) in [5.74, 6) is -0.273. The predicted molar refractivity (Wildman–Crippen MR) is 75.1 cm³/mol. The molecule has 1 rings (SSSR count). The Morgan fingerprint density at radius 2 is 2.05 bits per heavy atom. The molecule has 0 bridgehead atoms. The average molecular weight is 265 g/mol. The Bertz CT molecular complexity index is 354. The van der Waals surface area contributed by atoms with E-state index in [1.807, 2.05) is 25.1 Å². The summed E-state index contributed by atoms with van der Waals surface area (Å²) in [4.78, 5) is 11.4. The lowest BCUT2D eigenvalue weighted by Gasteiger charge is -2.15. The first kappa shape index (κ1) is 15.7. The minimum Gasteiger partial charge on any atom is -0.468 e. The number of esters is 1. The second-order valence-corrected chi connectivity index (χ2v) is 4.30. The molecule has 0 spiro atoms. The van der Waals surface area contributed by atoms with Crippen molar-refractivity contribution >= 4 is 5.97 Å². The van der Waals surface area contributed by atoms with Crippen LogP contribution in [0, 0.1) is 0 Å². The highest BCUT2D eigenvalue weighted by Gasteiger charge is 2.17. The molecule has 0 amide bonds. The summed E-state index contributed by atoms with van der Waals surface area (Å²) in [5, 5.41) is 3.04. The Morgan fingerprint density at radius 3 is 2.68 bits per heavy atom. The van der Waals surface area contributed by atoms with Crippen molar-refractivity contribution in [2.45, 2.75) is 25.8 Å². The van der Waals surface area contributed by atoms with Crippen molar-refractivity contribution < 1.29 is 14.3 Å². The van der Waals surface area contributed by atoms with E-state index in [0.717, 1.165) is 12.8 Å². The molecule has 4 nitrogen and oxygen atoms in total. The second-order valence-electron chi connectivity index (χ2n) is 4.30. The molecule has 0 aliphatic carbocycles. The van der Waals surface area contributed by atoms with Crippen LogP contribution in [0.3, 0.4) is 0 Å². The molecule has 0 aliphatic heterocycles. The lowest BCUT2D eigenvalue weighted by atomic mass is 10.1. The first-order chi connectivity index (χ1) is 9.27. The van der Waals surface area contributed by atoms with Crippen LogP contribution in [-0.2, 0) is 20.7 Å². The van der Waals surface area contributed by atoms with Crippen LogP contribution in [0.2, 0.25) is 0 Å². The smallest absolute Gasteiger partial charge is 0.325 e. The van der Waals surface area contributed by atoms with Gasteiger partial charge < -0.3 is 14.8 Å². The minimum atomic E-state index is -0.369. The van der Waals surface area contributed by atoms with E-state index in [9.17, 15) is 4.79 Å². The SMILES string of the molecule is CCNC(COCCCc1ccccc1)C(=O)OC. The Hall–Kier alpha value is -1.39. The molecule has 0 saturated heterocycles. The number of hydrogen-bond donors (Lipinski definition) is 1. The lowest BCUT2D eigenvalue weighted by molar-refractivity contribution is -0.144. The number of methoxy groups -OCH3 is 1. The lowest BCUT2D eigenvalue weighted by Crippen LogP contribution is -2.41. The number of nitrogens with one attached hydrogen (secondary N) is 1. The number of likely N-dealkylation sites (N-methyl/N-ethyl adjacent to an activating group) is 1. The van der Waals surface area contributed by atoms with Gasteiger partial charge in [-0.05, 0) is 24.9 Å². The summed E-state index contributed by atoms with van der Waals surface area (Å²) in [6.45, 7) is 3.67. The van der Waals surface area contributed by atoms with Crippen LogP contribution in [-0.4, -0.2) is 38.9 Å². The molecular formula is C15H23NO3. The van der Waals surface area contributed by atoms with Gasteiger partial charge in [0.15, 0.2) is 0 Å². The Labute approximate surface area is 115 Å². The number of carbonyl (C=O) groups excluding carboxylic acids is 1. The summed E-state index contributed by atoms with van der Waals surface area (Å²) < 4.78 is 10.2. The van der Waals surface area contributed by atoms with Crippen LogP contribution in [0.25, 0.3) is 0 Å². The van der Waals surface area contributed by atoms with Crippen molar-refractivity contribution in [1.29, 1.82) is 0 Å². The zero-order valence-electron chi connectivity index (χ0n) is 11.7. The third-order valence-electron chi connectivity index (χ3n) is 2.82. The normalized spacial score (nSPS) is 12.1. The monoisotopic (exact) mass is 265 g/mol. The topological polar surface area (TPSA) is 47.6 Å². The Kier molecular flexibility index (Phi) is 7.86. The maximum Gasteiger partial charge on any atom is 0.325 e. The molecule has 0 heterocycles. The van der Waals surface area contributed by atoms with Crippen molar-refractivity contribution in [1.82, 2.24) is 5.32 Å². The number of ether oxygens (including phenoxy) is 2. The molecule has 106 valence electrons. The fourth-order valence-electron chi connectivity index (χ4n) is 1.82. The van der Waals surface area contributed by atoms with Crippen molar-refractivity contribution in [2.75, 3.05) is 26.9 Å². The zero-order chi connectivity index (χ0) is 13.9. The number of benzene rings is 1. The Balaban J connectivity index is 2.16. The maximum atomic E-state index is 11.4. The van der Waals surface area contributed by atoms with Crippen LogP contribution in [0.1, 0.15) is 18.9 Å². The largest absolute Gasteiger partial charge is 0.468 e. The third-order valence-corrected chi connectivity index (χ3v) is 2.82. The summed E-state index contributed by atoms with van der Waals surface area (Å²) in [5.41, 5.74) is 1.31. The van der Waals surface area contributed by atoms with Crippen LogP contribution in [0.15, 0.2) is 30.3 Å². The highest BCUT2D eigenvalue weighted by molar-refractivity contribution is 5.75. The van der Waals surface area contributed by atoms with Gasteiger partial charge >= 0.3 is 5.97 Å². The molecule has 1 N–H and O–H groups in total. The standard InChI is InChI=1S/C15H23NO3/c1-3-16-14(15(17)18-2)12-19-11-7-10-13-8-5-4-6-9-13/h4-6,8-9,14,16H,3,7,10-12H2,1-2H3. The number of rotatable bonds is 9. The quantitative estimate of drug-likeness (QED) is 0.546. The van der Waals surface area contributed by atoms with Crippen molar-refractivity contribution in [3.8, 4) is 0 Å². The zero-order valence-corrected chi connectivity index (χ0v) is 11.7. The van der Waals surface area contributed by atoms with Crippen molar-refractivity contribution in [2.24, 2.45) is 0 Å². The summed E-state index contributed by atoms with van der Waals surface area (Å²) >= 11 is 0. The average Bonchev–Trinajstić information content (AvgIpc) is 2.46. The van der Waals surface area contributed by atoms with E-state index < -0.39 is 0 Å². The predicted octanol–water partition coefficient (Wildman–Crippen LogP) is 1.79. The van der Waals surface area contributed by atoms with Gasteiger partial charge in [-0.15, -0.1) is 0 Å². The molecule has 4 heteroatoms. The fourth-order valence-corrected chi connectivity index (χ4v) is 1.82. The molecule has 0 fully saturated rings. The van der Waals surface area contributed by atoms with Gasteiger partial charge in [-0.3, -0.25) is 4.79 Å². The van der Waals surface area contributed by atoms with E-state index in [4.69, 9.17) is 9.47 Å². The molecule has 1 aromatic rings. The van der Waals surface area contributed by atoms with E-state index in [2.05, 4.69) is 17.4 Å². The van der Waals surface area contributed by atoms with Crippen LogP contribution < -0.4 is 5.32 Å². The van der Waals surface area contributed by atoms with Gasteiger partial charge in [0.2, 0.25) is 0 Å². The maximum absolute atomic E-state index is 11.4. The van der Waals surface area contributed by atoms with Crippen LogP contribution >= 0.6 is 0 Å². The molecule has 0 saturated carbocycles. The van der Waals surface area contributed by atoms with Gasteiger partial charge in [0.05, 0.1) is 13.7 Å². The summed E-state index contributed by atoms with van der Waals surface area (Å²) in [6.07, 6.45) is 1.94. The van der Waals surface area contributed by atoms with E-state index in [1.54, 1.807) is 0 Å². The minimum absolute atomic E-state index is 0.273. The summed E-state index contributed by atoms with van der Waals surface area (Å²) in [6, 6.07) is 9.93. The first-order valence-electron chi connectivity index (χ1n) is 6.70. The van der Waals surface area contributed by atoms with Crippen molar-refractivity contribution in [3.05, 3.63) is 35.9 Å². The van der Waals surface area contributed by atoms with Gasteiger partial charge in [-0.1, -0.05) is 37.3 Å².